The molecule has 0 bridgehead atoms. The Bertz CT molecular complexity index is 598. The van der Waals surface area contributed by atoms with Crippen LogP contribution in [-0.4, -0.2) is 44.8 Å². The van der Waals surface area contributed by atoms with Gasteiger partial charge in [-0.2, -0.15) is 0 Å². The number of benzene rings is 1. The predicted octanol–water partition coefficient (Wildman–Crippen LogP) is 1.44. The van der Waals surface area contributed by atoms with Gasteiger partial charge in [0.05, 0.1) is 23.8 Å². The van der Waals surface area contributed by atoms with E-state index in [1.54, 1.807) is 24.3 Å². The number of sulfonamides is 1. The van der Waals surface area contributed by atoms with Crippen LogP contribution in [0, 0.1) is 0 Å². The van der Waals surface area contributed by atoms with Crippen molar-refractivity contribution in [3.8, 4) is 0 Å². The van der Waals surface area contributed by atoms with E-state index in [0.717, 1.165) is 0 Å². The number of rotatable bonds is 5. The molecule has 1 N–H and O–H groups in total. The average Bonchev–Trinajstić information content (AvgIpc) is 2.46. The molecular formula is C13H18N2O4S. The number of hydrogen-bond donors (Lipinski definition) is 1. The molecule has 1 aliphatic heterocycles. The molecule has 0 saturated carbocycles. The van der Waals surface area contributed by atoms with Crippen LogP contribution in [-0.2, 0) is 14.8 Å². The number of ether oxygens (including phenoxy) is 1. The lowest BCUT2D eigenvalue weighted by atomic mass is 10.0. The van der Waals surface area contributed by atoms with Crippen LogP contribution in [0.5, 0.6) is 0 Å². The number of oxime groups is 1. The minimum absolute atomic E-state index is 0.0548. The Morgan fingerprint density at radius 3 is 2.85 bits per heavy atom. The van der Waals surface area contributed by atoms with Crippen molar-refractivity contribution < 1.29 is 18.4 Å². The summed E-state index contributed by atoms with van der Waals surface area (Å²) in [6.07, 6.45) is 0.390. The van der Waals surface area contributed by atoms with Crippen LogP contribution in [0.3, 0.4) is 0 Å². The Morgan fingerprint density at radius 1 is 1.40 bits per heavy atom. The van der Waals surface area contributed by atoms with E-state index in [2.05, 4.69) is 5.16 Å². The lowest BCUT2D eigenvalue weighted by molar-refractivity contribution is 0.163. The van der Waals surface area contributed by atoms with Gasteiger partial charge in [0.1, 0.15) is 0 Å². The first-order valence-corrected chi connectivity index (χ1v) is 8.09. The van der Waals surface area contributed by atoms with Crippen LogP contribution in [0.15, 0.2) is 29.4 Å². The second-order valence-electron chi connectivity index (χ2n) is 4.40. The summed E-state index contributed by atoms with van der Waals surface area (Å²) in [5.41, 5.74) is 1.72. The highest BCUT2D eigenvalue weighted by molar-refractivity contribution is 7.92. The lowest BCUT2D eigenvalue weighted by Gasteiger charge is -2.30. The topological polar surface area (TPSA) is 79.2 Å². The number of anilines is 1. The molecule has 20 heavy (non-hydrogen) atoms. The van der Waals surface area contributed by atoms with Gasteiger partial charge < -0.3 is 9.94 Å². The zero-order chi connectivity index (χ0) is 14.6. The molecule has 0 aromatic heterocycles. The first-order chi connectivity index (χ1) is 9.60. The molecule has 1 aromatic carbocycles. The molecule has 0 radical (unpaired) electrons. The Balaban J connectivity index is 2.30. The van der Waals surface area contributed by atoms with Crippen molar-refractivity contribution in [3.63, 3.8) is 0 Å². The third kappa shape index (κ3) is 2.94. The summed E-state index contributed by atoms with van der Waals surface area (Å²) in [6.45, 7) is 2.78. The van der Waals surface area contributed by atoms with Crippen LogP contribution < -0.4 is 4.31 Å². The smallest absolute Gasteiger partial charge is 0.237 e. The van der Waals surface area contributed by atoms with Crippen LogP contribution >= 0.6 is 0 Å². The molecule has 6 nitrogen and oxygen atoms in total. The molecule has 0 unspecified atom stereocenters. The normalized spacial score (nSPS) is 17.2. The summed E-state index contributed by atoms with van der Waals surface area (Å²) in [6, 6.07) is 7.04. The molecule has 0 fully saturated rings. The fraction of sp³-hybridized carbons (Fsp3) is 0.462. The molecule has 0 spiro atoms. The van der Waals surface area contributed by atoms with Gasteiger partial charge in [0.15, 0.2) is 0 Å². The van der Waals surface area contributed by atoms with E-state index in [9.17, 15) is 8.42 Å². The predicted molar refractivity (Wildman–Crippen MR) is 77.0 cm³/mol. The highest BCUT2D eigenvalue weighted by Gasteiger charge is 2.29. The summed E-state index contributed by atoms with van der Waals surface area (Å²) in [7, 11) is -3.43. The van der Waals surface area contributed by atoms with Crippen LogP contribution in [0.2, 0.25) is 0 Å². The summed E-state index contributed by atoms with van der Waals surface area (Å²) in [5.74, 6) is -0.0548. The summed E-state index contributed by atoms with van der Waals surface area (Å²) in [4.78, 5) is 0. The van der Waals surface area contributed by atoms with Crippen molar-refractivity contribution in [1.82, 2.24) is 0 Å². The third-order valence-electron chi connectivity index (χ3n) is 3.18. The SMILES string of the molecule is CCOCCS(=O)(=O)N1CCC(=NO)c2ccccc21. The third-order valence-corrected chi connectivity index (χ3v) is 4.91. The van der Waals surface area contributed by atoms with Gasteiger partial charge in [-0.15, -0.1) is 0 Å². The number of para-hydroxylation sites is 1. The fourth-order valence-corrected chi connectivity index (χ4v) is 3.59. The maximum atomic E-state index is 12.4. The van der Waals surface area contributed by atoms with Crippen molar-refractivity contribution >= 4 is 21.4 Å². The molecule has 0 aliphatic carbocycles. The number of nitrogens with zero attached hydrogens (tertiary/aromatic N) is 2. The van der Waals surface area contributed by atoms with Gasteiger partial charge in [0, 0.05) is 25.1 Å². The van der Waals surface area contributed by atoms with Gasteiger partial charge in [-0.1, -0.05) is 23.4 Å². The van der Waals surface area contributed by atoms with Crippen molar-refractivity contribution in [2.75, 3.05) is 29.8 Å². The number of hydrogen-bond acceptors (Lipinski definition) is 5. The molecule has 7 heteroatoms. The Morgan fingerprint density at radius 2 is 2.15 bits per heavy atom. The van der Waals surface area contributed by atoms with Crippen molar-refractivity contribution in [3.05, 3.63) is 29.8 Å². The molecule has 2 rings (SSSR count). The van der Waals surface area contributed by atoms with Gasteiger partial charge >= 0.3 is 0 Å². The van der Waals surface area contributed by atoms with E-state index in [-0.39, 0.29) is 18.9 Å². The molecular weight excluding hydrogens is 280 g/mol. The lowest BCUT2D eigenvalue weighted by Crippen LogP contribution is -2.39. The average molecular weight is 298 g/mol. The van der Waals surface area contributed by atoms with Gasteiger partial charge in [0.2, 0.25) is 10.0 Å². The minimum Gasteiger partial charge on any atom is -0.411 e. The first-order valence-electron chi connectivity index (χ1n) is 6.48. The Hall–Kier alpha value is -1.60. The highest BCUT2D eigenvalue weighted by Crippen LogP contribution is 2.29. The van der Waals surface area contributed by atoms with Gasteiger partial charge in [-0.25, -0.2) is 8.42 Å². The summed E-state index contributed by atoms with van der Waals surface area (Å²) in [5, 5.41) is 12.3. The monoisotopic (exact) mass is 298 g/mol. The van der Waals surface area contributed by atoms with E-state index in [0.29, 0.717) is 30.0 Å². The van der Waals surface area contributed by atoms with Crippen LogP contribution in [0.1, 0.15) is 18.9 Å². The first kappa shape index (κ1) is 14.8. The summed E-state index contributed by atoms with van der Waals surface area (Å²) >= 11 is 0. The maximum absolute atomic E-state index is 12.4. The second-order valence-corrected chi connectivity index (χ2v) is 6.41. The minimum atomic E-state index is -3.43. The maximum Gasteiger partial charge on any atom is 0.237 e. The van der Waals surface area contributed by atoms with Crippen LogP contribution in [0.25, 0.3) is 0 Å². The van der Waals surface area contributed by atoms with E-state index < -0.39 is 10.0 Å². The van der Waals surface area contributed by atoms with Crippen molar-refractivity contribution in [2.45, 2.75) is 13.3 Å². The highest BCUT2D eigenvalue weighted by atomic mass is 32.2. The van der Waals surface area contributed by atoms with E-state index in [1.165, 1.54) is 4.31 Å². The van der Waals surface area contributed by atoms with E-state index >= 15 is 0 Å². The van der Waals surface area contributed by atoms with Gasteiger partial charge in [0.25, 0.3) is 0 Å². The molecule has 1 aromatic rings. The molecule has 110 valence electrons. The van der Waals surface area contributed by atoms with Gasteiger partial charge in [-0.05, 0) is 13.0 Å². The molecule has 0 amide bonds. The number of fused-ring (bicyclic) bond motifs is 1. The van der Waals surface area contributed by atoms with Gasteiger partial charge in [-0.3, -0.25) is 4.31 Å². The van der Waals surface area contributed by atoms with E-state index in [1.807, 2.05) is 6.92 Å². The quantitative estimate of drug-likeness (QED) is 0.507. The van der Waals surface area contributed by atoms with E-state index in [4.69, 9.17) is 9.94 Å². The molecule has 0 atom stereocenters. The largest absolute Gasteiger partial charge is 0.411 e. The zero-order valence-corrected chi connectivity index (χ0v) is 12.1. The zero-order valence-electron chi connectivity index (χ0n) is 11.3. The Labute approximate surface area is 118 Å². The fourth-order valence-electron chi connectivity index (χ4n) is 2.21. The molecule has 0 saturated heterocycles. The summed E-state index contributed by atoms with van der Waals surface area (Å²) < 4.78 is 31.2. The molecule has 1 heterocycles. The van der Waals surface area contributed by atoms with Crippen molar-refractivity contribution in [1.29, 1.82) is 0 Å². The molecule has 1 aliphatic rings. The Kier molecular flexibility index (Phi) is 4.61. The second kappa shape index (κ2) is 6.23. The van der Waals surface area contributed by atoms with Crippen molar-refractivity contribution in [2.24, 2.45) is 5.16 Å². The standard InChI is InChI=1S/C13H18N2O4S/c1-2-19-9-10-20(17,18)15-8-7-12(14-16)11-5-3-4-6-13(11)15/h3-6,16H,2,7-10H2,1H3. The van der Waals surface area contributed by atoms with Crippen LogP contribution in [0.4, 0.5) is 5.69 Å².